The van der Waals surface area contributed by atoms with Crippen molar-refractivity contribution in [2.24, 2.45) is 0 Å². The van der Waals surface area contributed by atoms with E-state index in [0.29, 0.717) is 19.4 Å². The van der Waals surface area contributed by atoms with Gasteiger partial charge >= 0.3 is 5.97 Å². The number of carbonyl (C=O) groups is 2. The van der Waals surface area contributed by atoms with Crippen LogP contribution in [0.1, 0.15) is 335 Å². The van der Waals surface area contributed by atoms with Crippen molar-refractivity contribution in [1.29, 1.82) is 0 Å². The summed E-state index contributed by atoms with van der Waals surface area (Å²) in [6.45, 7) is 4.91. The Morgan fingerprint density at radius 2 is 0.691 bits per heavy atom. The number of aliphatic hydroxyl groups is 2. The van der Waals surface area contributed by atoms with Gasteiger partial charge in [-0.25, -0.2) is 0 Å². The molecule has 2 atom stereocenters. The summed E-state index contributed by atoms with van der Waals surface area (Å²) in [6, 6.07) is -0.634. The Morgan fingerprint density at radius 3 is 1.04 bits per heavy atom. The number of nitrogens with one attached hydrogen (secondary N) is 1. The Kier molecular flexibility index (Phi) is 56.5. The summed E-state index contributed by atoms with van der Waals surface area (Å²) in [7, 11) is 0. The van der Waals surface area contributed by atoms with Crippen molar-refractivity contribution in [3.8, 4) is 0 Å². The molecule has 0 aliphatic carbocycles. The first-order valence-corrected chi connectivity index (χ1v) is 30.6. The van der Waals surface area contributed by atoms with Gasteiger partial charge in [-0.3, -0.25) is 9.59 Å². The minimum Gasteiger partial charge on any atom is -0.466 e. The molecule has 6 nitrogen and oxygen atoms in total. The maximum atomic E-state index is 12.4. The van der Waals surface area contributed by atoms with Gasteiger partial charge in [-0.05, 0) is 57.8 Å². The average molecular weight is 959 g/mol. The second-order valence-electron chi connectivity index (χ2n) is 21.0. The summed E-state index contributed by atoms with van der Waals surface area (Å²) in [4.78, 5) is 24.5. The minimum atomic E-state index is -0.850. The number of rotatable bonds is 57. The highest BCUT2D eigenvalue weighted by molar-refractivity contribution is 5.76. The normalized spacial score (nSPS) is 12.7. The van der Waals surface area contributed by atoms with Crippen LogP contribution in [0.15, 0.2) is 24.3 Å². The van der Waals surface area contributed by atoms with Crippen molar-refractivity contribution in [3.63, 3.8) is 0 Å². The molecule has 0 saturated heterocycles. The van der Waals surface area contributed by atoms with Gasteiger partial charge in [0.05, 0.1) is 25.4 Å². The summed E-state index contributed by atoms with van der Waals surface area (Å²) in [5.41, 5.74) is 0. The fourth-order valence-electron chi connectivity index (χ4n) is 9.51. The number of esters is 1. The molecule has 0 rings (SSSR count). The van der Waals surface area contributed by atoms with E-state index in [1.807, 2.05) is 6.08 Å². The van der Waals surface area contributed by atoms with Crippen LogP contribution in [0.5, 0.6) is 0 Å². The molecule has 0 aliphatic heterocycles. The second kappa shape index (κ2) is 57.9. The van der Waals surface area contributed by atoms with Crippen LogP contribution in [-0.2, 0) is 14.3 Å². The highest BCUT2D eigenvalue weighted by Crippen LogP contribution is 2.17. The van der Waals surface area contributed by atoms with Crippen LogP contribution in [-0.4, -0.2) is 47.4 Å². The number of allylic oxidation sites excluding steroid dienone is 3. The van der Waals surface area contributed by atoms with Crippen LogP contribution >= 0.6 is 0 Å². The molecule has 6 heteroatoms. The Hall–Kier alpha value is -1.66. The van der Waals surface area contributed by atoms with E-state index < -0.39 is 12.1 Å². The number of aliphatic hydroxyl groups excluding tert-OH is 2. The van der Waals surface area contributed by atoms with Gasteiger partial charge in [-0.2, -0.15) is 0 Å². The predicted molar refractivity (Wildman–Crippen MR) is 296 cm³/mol. The molecule has 1 amide bonds. The first kappa shape index (κ1) is 66.3. The molecule has 0 fully saturated rings. The largest absolute Gasteiger partial charge is 0.466 e. The van der Waals surface area contributed by atoms with E-state index in [0.717, 1.165) is 44.9 Å². The van der Waals surface area contributed by atoms with Crippen LogP contribution in [0.25, 0.3) is 0 Å². The molecule has 68 heavy (non-hydrogen) atoms. The number of hydrogen-bond donors (Lipinski definition) is 3. The lowest BCUT2D eigenvalue weighted by Crippen LogP contribution is -2.45. The minimum absolute atomic E-state index is 0.00781. The first-order chi connectivity index (χ1) is 33.5. The van der Waals surface area contributed by atoms with Crippen molar-refractivity contribution in [2.45, 2.75) is 347 Å². The van der Waals surface area contributed by atoms with Gasteiger partial charge in [0.1, 0.15) is 0 Å². The molecule has 0 aromatic rings. The molecule has 0 aromatic heterocycles. The summed E-state index contributed by atoms with van der Waals surface area (Å²) in [6.07, 6.45) is 70.7. The highest BCUT2D eigenvalue weighted by atomic mass is 16.5. The van der Waals surface area contributed by atoms with Crippen LogP contribution < -0.4 is 5.32 Å². The maximum Gasteiger partial charge on any atom is 0.305 e. The van der Waals surface area contributed by atoms with E-state index in [1.54, 1.807) is 6.08 Å². The topological polar surface area (TPSA) is 95.9 Å². The number of carbonyl (C=O) groups excluding carboxylic acids is 2. The third kappa shape index (κ3) is 53.7. The molecule has 0 spiro atoms. The van der Waals surface area contributed by atoms with Crippen LogP contribution in [0, 0.1) is 0 Å². The molecule has 0 aliphatic rings. The Balaban J connectivity index is 3.43. The maximum absolute atomic E-state index is 12.4. The highest BCUT2D eigenvalue weighted by Gasteiger charge is 2.18. The second-order valence-corrected chi connectivity index (χ2v) is 21.0. The number of hydrogen-bond acceptors (Lipinski definition) is 5. The van der Waals surface area contributed by atoms with Gasteiger partial charge in [0.15, 0.2) is 0 Å². The van der Waals surface area contributed by atoms with Crippen molar-refractivity contribution in [2.75, 3.05) is 13.2 Å². The van der Waals surface area contributed by atoms with Crippen molar-refractivity contribution < 1.29 is 24.5 Å². The summed E-state index contributed by atoms with van der Waals surface area (Å²) < 4.78 is 5.49. The molecule has 0 heterocycles. The fourth-order valence-corrected chi connectivity index (χ4v) is 9.51. The van der Waals surface area contributed by atoms with E-state index in [-0.39, 0.29) is 18.5 Å². The number of amides is 1. The summed E-state index contributed by atoms with van der Waals surface area (Å²) >= 11 is 0. The van der Waals surface area contributed by atoms with Gasteiger partial charge in [-0.15, -0.1) is 0 Å². The van der Waals surface area contributed by atoms with E-state index >= 15 is 0 Å². The Morgan fingerprint density at radius 1 is 0.397 bits per heavy atom. The SMILES string of the molecule is CCCCCCCCCCCCCC/C=C/C(O)C(CO)NC(=O)CCCCCCCCC/C=C\CCCCCCCCCCOC(=O)CCCCCCCCCCCCCCCCCCCC. The van der Waals surface area contributed by atoms with E-state index in [1.165, 1.54) is 263 Å². The van der Waals surface area contributed by atoms with Gasteiger partial charge in [0, 0.05) is 12.8 Å². The van der Waals surface area contributed by atoms with Crippen LogP contribution in [0.4, 0.5) is 0 Å². The quantitative estimate of drug-likeness (QED) is 0.0321. The first-order valence-electron chi connectivity index (χ1n) is 30.6. The molecule has 0 radical (unpaired) electrons. The monoisotopic (exact) mass is 958 g/mol. The molecule has 3 N–H and O–H groups in total. The molecular weight excluding hydrogens is 839 g/mol. The molecule has 2 unspecified atom stereocenters. The van der Waals surface area contributed by atoms with Gasteiger partial charge in [-0.1, -0.05) is 289 Å². The lowest BCUT2D eigenvalue weighted by atomic mass is 10.0. The Bertz CT molecular complexity index is 1060. The van der Waals surface area contributed by atoms with E-state index in [9.17, 15) is 19.8 Å². The molecular formula is C62H119NO5. The lowest BCUT2D eigenvalue weighted by Gasteiger charge is -2.20. The number of ether oxygens (including phenoxy) is 1. The predicted octanol–water partition coefficient (Wildman–Crippen LogP) is 19.0. The zero-order chi connectivity index (χ0) is 49.3. The van der Waals surface area contributed by atoms with Crippen LogP contribution in [0.2, 0.25) is 0 Å². The molecule has 0 bridgehead atoms. The third-order valence-corrected chi connectivity index (χ3v) is 14.2. The van der Waals surface area contributed by atoms with E-state index in [2.05, 4.69) is 31.3 Å². The van der Waals surface area contributed by atoms with Gasteiger partial charge < -0.3 is 20.3 Å². The van der Waals surface area contributed by atoms with Crippen molar-refractivity contribution in [1.82, 2.24) is 5.32 Å². The standard InChI is InChI=1S/C62H119NO5/c1-3-5-7-9-11-13-15-17-19-20-25-28-32-36-40-44-48-52-56-62(67)68-57-53-49-45-41-37-33-29-26-23-21-22-24-27-31-35-39-43-47-51-55-61(66)63-59(58-64)60(65)54-50-46-42-38-34-30-18-16-14-12-10-8-6-4-2/h21-22,50,54,59-60,64-65H,3-20,23-49,51-53,55-58H2,1-2H3,(H,63,66)/b22-21-,54-50+. The number of unbranched alkanes of at least 4 members (excludes halogenated alkanes) is 44. The smallest absolute Gasteiger partial charge is 0.305 e. The Labute approximate surface area is 424 Å². The van der Waals surface area contributed by atoms with E-state index in [4.69, 9.17) is 4.74 Å². The average Bonchev–Trinajstić information content (AvgIpc) is 3.34. The third-order valence-electron chi connectivity index (χ3n) is 14.2. The molecule has 0 saturated carbocycles. The lowest BCUT2D eigenvalue weighted by molar-refractivity contribution is -0.143. The van der Waals surface area contributed by atoms with Gasteiger partial charge in [0.2, 0.25) is 5.91 Å². The fraction of sp³-hybridized carbons (Fsp3) is 0.903. The van der Waals surface area contributed by atoms with Gasteiger partial charge in [0.25, 0.3) is 0 Å². The zero-order valence-electron chi connectivity index (χ0n) is 45.9. The summed E-state index contributed by atoms with van der Waals surface area (Å²) in [5, 5.41) is 23.1. The molecule has 402 valence electrons. The molecule has 0 aromatic carbocycles. The summed E-state index contributed by atoms with van der Waals surface area (Å²) in [5.74, 6) is -0.0687. The zero-order valence-corrected chi connectivity index (χ0v) is 45.9. The van der Waals surface area contributed by atoms with Crippen LogP contribution in [0.3, 0.4) is 0 Å². The van der Waals surface area contributed by atoms with Crippen molar-refractivity contribution in [3.05, 3.63) is 24.3 Å². The van der Waals surface area contributed by atoms with Crippen molar-refractivity contribution >= 4 is 11.9 Å².